The number of hydrogen-bond acceptors (Lipinski definition) is 4. The first kappa shape index (κ1) is 15.7. The molecule has 2 saturated heterocycles. The van der Waals surface area contributed by atoms with Gasteiger partial charge in [-0.1, -0.05) is 19.8 Å². The van der Waals surface area contributed by atoms with Crippen LogP contribution in [0, 0.1) is 0 Å². The number of piperazine rings is 1. The SMILES string of the molecule is CCCCC(C(=O)O)N1CCN(C2CCNCC2)CC1. The van der Waals surface area contributed by atoms with Crippen molar-refractivity contribution in [3.8, 4) is 0 Å². The van der Waals surface area contributed by atoms with Gasteiger partial charge in [-0.3, -0.25) is 14.6 Å². The maximum atomic E-state index is 11.4. The molecule has 2 rings (SSSR count). The summed E-state index contributed by atoms with van der Waals surface area (Å²) < 4.78 is 0. The van der Waals surface area contributed by atoms with Crippen LogP contribution in [0.25, 0.3) is 0 Å². The average molecular weight is 283 g/mol. The summed E-state index contributed by atoms with van der Waals surface area (Å²) >= 11 is 0. The minimum Gasteiger partial charge on any atom is -0.480 e. The highest BCUT2D eigenvalue weighted by molar-refractivity contribution is 5.73. The molecule has 0 aliphatic carbocycles. The third kappa shape index (κ3) is 4.17. The maximum absolute atomic E-state index is 11.4. The highest BCUT2D eigenvalue weighted by atomic mass is 16.4. The van der Waals surface area contributed by atoms with Gasteiger partial charge in [0, 0.05) is 32.2 Å². The van der Waals surface area contributed by atoms with Crippen molar-refractivity contribution in [1.29, 1.82) is 0 Å². The van der Waals surface area contributed by atoms with Crippen LogP contribution in [0.3, 0.4) is 0 Å². The van der Waals surface area contributed by atoms with Crippen LogP contribution >= 0.6 is 0 Å². The van der Waals surface area contributed by atoms with E-state index < -0.39 is 5.97 Å². The molecule has 0 aromatic rings. The topological polar surface area (TPSA) is 55.8 Å². The van der Waals surface area contributed by atoms with E-state index >= 15 is 0 Å². The molecule has 5 heteroatoms. The Kier molecular flexibility index (Phi) is 6.26. The molecule has 5 nitrogen and oxygen atoms in total. The van der Waals surface area contributed by atoms with E-state index in [0.29, 0.717) is 6.04 Å². The minimum atomic E-state index is -0.645. The van der Waals surface area contributed by atoms with Gasteiger partial charge in [-0.25, -0.2) is 0 Å². The third-order valence-electron chi connectivity index (χ3n) is 4.73. The van der Waals surface area contributed by atoms with E-state index in [0.717, 1.165) is 58.5 Å². The van der Waals surface area contributed by atoms with Gasteiger partial charge in [-0.15, -0.1) is 0 Å². The van der Waals surface area contributed by atoms with Gasteiger partial charge in [0.2, 0.25) is 0 Å². The first-order valence-electron chi connectivity index (χ1n) is 8.14. The summed E-state index contributed by atoms with van der Waals surface area (Å²) in [5.41, 5.74) is 0. The molecule has 0 aromatic heterocycles. The molecule has 0 bridgehead atoms. The summed E-state index contributed by atoms with van der Waals surface area (Å²) in [7, 11) is 0. The number of aliphatic carboxylic acids is 1. The fraction of sp³-hybridized carbons (Fsp3) is 0.933. The fourth-order valence-corrected chi connectivity index (χ4v) is 3.45. The lowest BCUT2D eigenvalue weighted by Crippen LogP contribution is -2.56. The van der Waals surface area contributed by atoms with E-state index in [9.17, 15) is 9.90 Å². The second-order valence-corrected chi connectivity index (χ2v) is 6.05. The van der Waals surface area contributed by atoms with Crippen molar-refractivity contribution in [1.82, 2.24) is 15.1 Å². The van der Waals surface area contributed by atoms with Crippen molar-refractivity contribution in [3.05, 3.63) is 0 Å². The maximum Gasteiger partial charge on any atom is 0.320 e. The van der Waals surface area contributed by atoms with Crippen molar-refractivity contribution in [2.75, 3.05) is 39.3 Å². The van der Waals surface area contributed by atoms with Crippen LogP contribution in [-0.2, 0) is 4.79 Å². The predicted molar refractivity (Wildman–Crippen MR) is 80.0 cm³/mol. The molecule has 2 aliphatic rings. The molecule has 20 heavy (non-hydrogen) atoms. The van der Waals surface area contributed by atoms with E-state index in [1.165, 1.54) is 12.8 Å². The monoisotopic (exact) mass is 283 g/mol. The van der Waals surface area contributed by atoms with Crippen molar-refractivity contribution in [2.24, 2.45) is 0 Å². The lowest BCUT2D eigenvalue weighted by molar-refractivity contribution is -0.144. The summed E-state index contributed by atoms with van der Waals surface area (Å²) in [6.45, 7) is 8.24. The molecule has 116 valence electrons. The van der Waals surface area contributed by atoms with Gasteiger partial charge in [0.15, 0.2) is 0 Å². The summed E-state index contributed by atoms with van der Waals surface area (Å²) in [4.78, 5) is 16.2. The molecule has 2 heterocycles. The van der Waals surface area contributed by atoms with Crippen molar-refractivity contribution < 1.29 is 9.90 Å². The van der Waals surface area contributed by atoms with Gasteiger partial charge in [0.25, 0.3) is 0 Å². The predicted octanol–water partition coefficient (Wildman–Crippen LogP) is 0.999. The zero-order chi connectivity index (χ0) is 14.4. The number of carboxylic acid groups (broad SMARTS) is 1. The second kappa shape index (κ2) is 7.96. The number of nitrogens with zero attached hydrogens (tertiary/aromatic N) is 2. The second-order valence-electron chi connectivity index (χ2n) is 6.05. The highest BCUT2D eigenvalue weighted by Crippen LogP contribution is 2.17. The Labute approximate surface area is 122 Å². The zero-order valence-corrected chi connectivity index (χ0v) is 12.7. The highest BCUT2D eigenvalue weighted by Gasteiger charge is 2.30. The Morgan fingerprint density at radius 3 is 2.45 bits per heavy atom. The van der Waals surface area contributed by atoms with Gasteiger partial charge < -0.3 is 10.4 Å². The van der Waals surface area contributed by atoms with E-state index in [1.54, 1.807) is 0 Å². The number of nitrogens with one attached hydrogen (secondary N) is 1. The molecule has 0 aromatic carbocycles. The molecule has 0 saturated carbocycles. The van der Waals surface area contributed by atoms with Crippen LogP contribution in [0.4, 0.5) is 0 Å². The summed E-state index contributed by atoms with van der Waals surface area (Å²) in [6.07, 6.45) is 5.33. The van der Waals surface area contributed by atoms with Crippen LogP contribution in [0.2, 0.25) is 0 Å². The molecule has 0 amide bonds. The first-order valence-corrected chi connectivity index (χ1v) is 8.14. The van der Waals surface area contributed by atoms with Crippen molar-refractivity contribution in [3.63, 3.8) is 0 Å². The normalized spacial score (nSPS) is 24.6. The standard InChI is InChI=1S/C15H29N3O2/c1-2-3-4-14(15(19)20)18-11-9-17(10-12-18)13-5-7-16-8-6-13/h13-14,16H,2-12H2,1H3,(H,19,20). The van der Waals surface area contributed by atoms with Crippen molar-refractivity contribution >= 4 is 5.97 Å². The van der Waals surface area contributed by atoms with E-state index in [1.807, 2.05) is 0 Å². The number of carboxylic acids is 1. The zero-order valence-electron chi connectivity index (χ0n) is 12.7. The van der Waals surface area contributed by atoms with E-state index in [2.05, 4.69) is 22.0 Å². The van der Waals surface area contributed by atoms with Crippen LogP contribution in [-0.4, -0.2) is 72.2 Å². The molecule has 0 radical (unpaired) electrons. The third-order valence-corrected chi connectivity index (χ3v) is 4.73. The smallest absolute Gasteiger partial charge is 0.320 e. The lowest BCUT2D eigenvalue weighted by atomic mass is 10.0. The van der Waals surface area contributed by atoms with E-state index in [4.69, 9.17) is 0 Å². The van der Waals surface area contributed by atoms with Crippen LogP contribution in [0.1, 0.15) is 39.0 Å². The molecular formula is C15H29N3O2. The van der Waals surface area contributed by atoms with Gasteiger partial charge in [0.05, 0.1) is 0 Å². The van der Waals surface area contributed by atoms with Crippen LogP contribution in [0.5, 0.6) is 0 Å². The van der Waals surface area contributed by atoms with Gasteiger partial charge in [-0.05, 0) is 32.4 Å². The molecule has 2 fully saturated rings. The Balaban J connectivity index is 1.80. The molecule has 2 N–H and O–H groups in total. The number of hydrogen-bond donors (Lipinski definition) is 2. The Morgan fingerprint density at radius 2 is 1.90 bits per heavy atom. The van der Waals surface area contributed by atoms with Crippen molar-refractivity contribution in [2.45, 2.75) is 51.1 Å². The lowest BCUT2D eigenvalue weighted by Gasteiger charge is -2.42. The average Bonchev–Trinajstić information content (AvgIpc) is 2.49. The summed E-state index contributed by atoms with van der Waals surface area (Å²) in [5, 5.41) is 12.8. The Morgan fingerprint density at radius 1 is 1.25 bits per heavy atom. The van der Waals surface area contributed by atoms with Crippen LogP contribution in [0.15, 0.2) is 0 Å². The number of piperidine rings is 1. The van der Waals surface area contributed by atoms with Gasteiger partial charge >= 0.3 is 5.97 Å². The summed E-state index contributed by atoms with van der Waals surface area (Å²) in [6, 6.07) is 0.433. The van der Waals surface area contributed by atoms with Gasteiger partial charge in [-0.2, -0.15) is 0 Å². The number of carbonyl (C=O) groups is 1. The number of rotatable bonds is 6. The summed E-state index contributed by atoms with van der Waals surface area (Å²) in [5.74, 6) is -0.645. The Hall–Kier alpha value is -0.650. The molecule has 2 aliphatic heterocycles. The first-order chi connectivity index (χ1) is 9.72. The fourth-order valence-electron chi connectivity index (χ4n) is 3.45. The van der Waals surface area contributed by atoms with E-state index in [-0.39, 0.29) is 6.04 Å². The quantitative estimate of drug-likeness (QED) is 0.761. The largest absolute Gasteiger partial charge is 0.480 e. The Bertz CT molecular complexity index is 297. The minimum absolute atomic E-state index is 0.273. The van der Waals surface area contributed by atoms with Crippen LogP contribution < -0.4 is 5.32 Å². The number of unbranched alkanes of at least 4 members (excludes halogenated alkanes) is 1. The molecule has 0 spiro atoms. The van der Waals surface area contributed by atoms with Gasteiger partial charge in [0.1, 0.15) is 6.04 Å². The molecular weight excluding hydrogens is 254 g/mol. The molecule has 1 unspecified atom stereocenters. The molecule has 1 atom stereocenters.